The van der Waals surface area contributed by atoms with Gasteiger partial charge in [-0.15, -0.1) is 0 Å². The summed E-state index contributed by atoms with van der Waals surface area (Å²) < 4.78 is 13.0. The Balaban J connectivity index is 1.38. The molecule has 7 heteroatoms. The van der Waals surface area contributed by atoms with Crippen LogP contribution in [0.5, 0.6) is 11.5 Å². The molecule has 0 atom stereocenters. The van der Waals surface area contributed by atoms with Crippen LogP contribution in [0.25, 0.3) is 28.2 Å². The SMILES string of the molecule is COc1cccc(-c2cc3nc(-c4ccccc4)cc(N4CCN(c5ccccc5OC)CC4)n3n2)c1. The lowest BCUT2D eigenvalue weighted by atomic mass is 10.1. The zero-order chi connectivity index (χ0) is 25.2. The molecular formula is C30H29N5O2. The third-order valence-electron chi connectivity index (χ3n) is 6.87. The smallest absolute Gasteiger partial charge is 0.158 e. The van der Waals surface area contributed by atoms with E-state index in [-0.39, 0.29) is 0 Å². The van der Waals surface area contributed by atoms with Crippen LogP contribution in [0.2, 0.25) is 0 Å². The molecule has 2 aromatic heterocycles. The average Bonchev–Trinajstić information content (AvgIpc) is 3.42. The van der Waals surface area contributed by atoms with Crippen molar-refractivity contribution < 1.29 is 9.47 Å². The van der Waals surface area contributed by atoms with E-state index < -0.39 is 0 Å². The number of anilines is 2. The van der Waals surface area contributed by atoms with Crippen molar-refractivity contribution >= 4 is 17.2 Å². The molecule has 1 aliphatic rings. The zero-order valence-electron chi connectivity index (χ0n) is 21.0. The largest absolute Gasteiger partial charge is 0.497 e. The highest BCUT2D eigenvalue weighted by Gasteiger charge is 2.23. The van der Waals surface area contributed by atoms with Crippen LogP contribution < -0.4 is 19.3 Å². The average molecular weight is 492 g/mol. The van der Waals surface area contributed by atoms with Crippen molar-refractivity contribution in [2.75, 3.05) is 50.2 Å². The number of benzene rings is 3. The van der Waals surface area contributed by atoms with Crippen molar-refractivity contribution in [3.63, 3.8) is 0 Å². The second-order valence-electron chi connectivity index (χ2n) is 9.04. The molecule has 6 rings (SSSR count). The van der Waals surface area contributed by atoms with Gasteiger partial charge >= 0.3 is 0 Å². The van der Waals surface area contributed by atoms with Gasteiger partial charge in [-0.05, 0) is 24.3 Å². The van der Waals surface area contributed by atoms with Crippen molar-refractivity contribution in [2.24, 2.45) is 0 Å². The fourth-order valence-electron chi connectivity index (χ4n) is 4.93. The van der Waals surface area contributed by atoms with E-state index in [0.29, 0.717) is 0 Å². The van der Waals surface area contributed by atoms with Gasteiger partial charge < -0.3 is 19.3 Å². The van der Waals surface area contributed by atoms with Gasteiger partial charge in [0.2, 0.25) is 0 Å². The minimum atomic E-state index is 0.806. The van der Waals surface area contributed by atoms with E-state index in [0.717, 1.165) is 77.3 Å². The molecule has 7 nitrogen and oxygen atoms in total. The van der Waals surface area contributed by atoms with E-state index in [1.165, 1.54) is 0 Å². The first-order valence-electron chi connectivity index (χ1n) is 12.5. The third-order valence-corrected chi connectivity index (χ3v) is 6.87. The molecule has 1 fully saturated rings. The summed E-state index contributed by atoms with van der Waals surface area (Å²) in [6.07, 6.45) is 0. The van der Waals surface area contributed by atoms with E-state index >= 15 is 0 Å². The molecule has 37 heavy (non-hydrogen) atoms. The van der Waals surface area contributed by atoms with Gasteiger partial charge in [-0.1, -0.05) is 54.6 Å². The Morgan fingerprint density at radius 3 is 2.16 bits per heavy atom. The molecule has 0 aliphatic carbocycles. The predicted molar refractivity (Wildman–Crippen MR) is 148 cm³/mol. The van der Waals surface area contributed by atoms with Crippen molar-refractivity contribution in [2.45, 2.75) is 0 Å². The van der Waals surface area contributed by atoms with E-state index in [1.54, 1.807) is 14.2 Å². The Kier molecular flexibility index (Phi) is 6.10. The first kappa shape index (κ1) is 22.9. The second kappa shape index (κ2) is 9.85. The number of para-hydroxylation sites is 2. The lowest BCUT2D eigenvalue weighted by molar-refractivity contribution is 0.413. The number of rotatable bonds is 6. The van der Waals surface area contributed by atoms with Gasteiger partial charge in [0.25, 0.3) is 0 Å². The Morgan fingerprint density at radius 2 is 1.38 bits per heavy atom. The lowest BCUT2D eigenvalue weighted by Gasteiger charge is -2.37. The molecule has 1 aliphatic heterocycles. The Morgan fingerprint density at radius 1 is 0.649 bits per heavy atom. The molecule has 0 spiro atoms. The highest BCUT2D eigenvalue weighted by atomic mass is 16.5. The van der Waals surface area contributed by atoms with Gasteiger partial charge in [-0.2, -0.15) is 9.61 Å². The summed E-state index contributed by atoms with van der Waals surface area (Å²) in [4.78, 5) is 9.77. The molecule has 0 radical (unpaired) electrons. The summed E-state index contributed by atoms with van der Waals surface area (Å²) in [5.41, 5.74) is 5.84. The van der Waals surface area contributed by atoms with Crippen LogP contribution in [0.3, 0.4) is 0 Å². The standard InChI is InChI=1S/C30H29N5O2/c1-36-24-12-8-11-23(19-24)26-20-29-31-25(22-9-4-3-5-10-22)21-30(35(29)32-26)34-17-15-33(16-18-34)27-13-6-7-14-28(27)37-2/h3-14,19-21H,15-18H2,1-2H3. The summed E-state index contributed by atoms with van der Waals surface area (Å²) in [5, 5.41) is 5.00. The Hall–Kier alpha value is -4.52. The van der Waals surface area contributed by atoms with Crippen LogP contribution in [0, 0.1) is 0 Å². The van der Waals surface area contributed by atoms with Gasteiger partial charge in [0.05, 0.1) is 31.3 Å². The Bertz CT molecular complexity index is 1520. The van der Waals surface area contributed by atoms with E-state index in [1.807, 2.05) is 59.1 Å². The number of hydrogen-bond acceptors (Lipinski definition) is 6. The van der Waals surface area contributed by atoms with Crippen molar-refractivity contribution in [1.82, 2.24) is 14.6 Å². The van der Waals surface area contributed by atoms with Gasteiger partial charge in [0, 0.05) is 49.4 Å². The topological polar surface area (TPSA) is 55.1 Å². The number of piperazine rings is 1. The third kappa shape index (κ3) is 4.44. The van der Waals surface area contributed by atoms with E-state index in [9.17, 15) is 0 Å². The van der Waals surface area contributed by atoms with Crippen LogP contribution in [0.4, 0.5) is 11.5 Å². The first-order chi connectivity index (χ1) is 18.2. The maximum atomic E-state index is 5.61. The first-order valence-corrected chi connectivity index (χ1v) is 12.5. The molecule has 3 heterocycles. The van der Waals surface area contributed by atoms with Crippen LogP contribution in [0.1, 0.15) is 0 Å². The number of fused-ring (bicyclic) bond motifs is 1. The molecule has 1 saturated heterocycles. The fraction of sp³-hybridized carbons (Fsp3) is 0.200. The molecule has 0 saturated carbocycles. The summed E-state index contributed by atoms with van der Waals surface area (Å²) in [6, 6.07) is 30.7. The summed E-state index contributed by atoms with van der Waals surface area (Å²) >= 11 is 0. The van der Waals surface area contributed by atoms with Crippen molar-refractivity contribution in [3.8, 4) is 34.0 Å². The summed E-state index contributed by atoms with van der Waals surface area (Å²) in [6.45, 7) is 3.49. The van der Waals surface area contributed by atoms with Gasteiger partial charge in [0.15, 0.2) is 5.65 Å². The molecule has 0 bridgehead atoms. The molecular weight excluding hydrogens is 462 g/mol. The zero-order valence-corrected chi connectivity index (χ0v) is 21.0. The van der Waals surface area contributed by atoms with Crippen molar-refractivity contribution in [1.29, 1.82) is 0 Å². The summed E-state index contributed by atoms with van der Waals surface area (Å²) in [5.74, 6) is 2.75. The van der Waals surface area contributed by atoms with E-state index in [2.05, 4.69) is 46.2 Å². The molecule has 0 amide bonds. The van der Waals surface area contributed by atoms with E-state index in [4.69, 9.17) is 19.6 Å². The molecule has 186 valence electrons. The van der Waals surface area contributed by atoms with Crippen molar-refractivity contribution in [3.05, 3.63) is 91.0 Å². The molecule has 3 aromatic carbocycles. The quantitative estimate of drug-likeness (QED) is 0.317. The number of ether oxygens (including phenoxy) is 2. The van der Waals surface area contributed by atoms with Gasteiger partial charge in [-0.25, -0.2) is 4.98 Å². The second-order valence-corrected chi connectivity index (χ2v) is 9.04. The highest BCUT2D eigenvalue weighted by molar-refractivity contribution is 5.72. The maximum Gasteiger partial charge on any atom is 0.158 e. The summed E-state index contributed by atoms with van der Waals surface area (Å²) in [7, 11) is 3.41. The van der Waals surface area contributed by atoms with Crippen LogP contribution in [-0.2, 0) is 0 Å². The number of nitrogens with zero attached hydrogens (tertiary/aromatic N) is 5. The van der Waals surface area contributed by atoms with Gasteiger partial charge in [0.1, 0.15) is 17.3 Å². The fourth-order valence-corrected chi connectivity index (χ4v) is 4.93. The normalized spacial score (nSPS) is 13.7. The number of hydrogen-bond donors (Lipinski definition) is 0. The maximum absolute atomic E-state index is 5.61. The number of methoxy groups -OCH3 is 2. The molecule has 0 N–H and O–H groups in total. The lowest BCUT2D eigenvalue weighted by Crippen LogP contribution is -2.47. The predicted octanol–water partition coefficient (Wildman–Crippen LogP) is 5.41. The minimum absolute atomic E-state index is 0.806. The molecule has 5 aromatic rings. The molecule has 0 unspecified atom stereocenters. The van der Waals surface area contributed by atoms with Gasteiger partial charge in [-0.3, -0.25) is 0 Å². The van der Waals surface area contributed by atoms with Crippen LogP contribution in [-0.4, -0.2) is 55.0 Å². The number of aromatic nitrogens is 3. The monoisotopic (exact) mass is 491 g/mol. The Labute approximate surface area is 216 Å². The minimum Gasteiger partial charge on any atom is -0.497 e. The van der Waals surface area contributed by atoms with Crippen LogP contribution in [0.15, 0.2) is 91.0 Å². The van der Waals surface area contributed by atoms with Crippen LogP contribution >= 0.6 is 0 Å². The highest BCUT2D eigenvalue weighted by Crippen LogP contribution is 2.32.